The van der Waals surface area contributed by atoms with E-state index in [-0.39, 0.29) is 11.8 Å². The summed E-state index contributed by atoms with van der Waals surface area (Å²) in [6.45, 7) is 5.63. The fourth-order valence-corrected chi connectivity index (χ4v) is 2.73. The van der Waals surface area contributed by atoms with Gasteiger partial charge in [-0.3, -0.25) is 9.89 Å². The molecule has 0 aliphatic rings. The zero-order chi connectivity index (χ0) is 14.7. The Balaban J connectivity index is 1.90. The number of thiophene rings is 1. The van der Waals surface area contributed by atoms with Crippen molar-refractivity contribution in [3.8, 4) is 0 Å². The van der Waals surface area contributed by atoms with Crippen LogP contribution in [-0.2, 0) is 11.2 Å². The highest BCUT2D eigenvalue weighted by atomic mass is 32.1. The zero-order valence-corrected chi connectivity index (χ0v) is 12.5. The summed E-state index contributed by atoms with van der Waals surface area (Å²) in [5.74, 6) is -0.439. The van der Waals surface area contributed by atoms with Crippen LogP contribution in [0.4, 0.5) is 0 Å². The molecule has 0 saturated heterocycles. The number of hydrogen-bond acceptors (Lipinski definition) is 5. The largest absolute Gasteiger partial charge is 0.461 e. The third-order valence-electron chi connectivity index (χ3n) is 3.07. The number of nitrogens with one attached hydrogen (secondary N) is 1. The number of aryl methyl sites for hydroxylation is 2. The molecule has 1 N–H and O–H groups in total. The third kappa shape index (κ3) is 3.14. The van der Waals surface area contributed by atoms with E-state index in [1.54, 1.807) is 11.4 Å². The number of esters is 1. The second-order valence-corrected chi connectivity index (χ2v) is 5.47. The number of carbonyl (C=O) groups excluding carboxylic acids is 2. The van der Waals surface area contributed by atoms with E-state index in [1.807, 2.05) is 13.8 Å². The van der Waals surface area contributed by atoms with Crippen LogP contribution in [0, 0.1) is 13.8 Å². The van der Waals surface area contributed by atoms with Gasteiger partial charge in [0.1, 0.15) is 4.88 Å². The van der Waals surface area contributed by atoms with Crippen molar-refractivity contribution in [2.75, 3.05) is 6.61 Å². The molecule has 0 aliphatic heterocycles. The normalized spacial score (nSPS) is 10.6. The highest BCUT2D eigenvalue weighted by molar-refractivity contribution is 7.12. The van der Waals surface area contributed by atoms with E-state index < -0.39 is 0 Å². The van der Waals surface area contributed by atoms with Crippen LogP contribution < -0.4 is 0 Å². The summed E-state index contributed by atoms with van der Waals surface area (Å²) in [4.78, 5) is 23.5. The summed E-state index contributed by atoms with van der Waals surface area (Å²) < 4.78 is 5.22. The van der Waals surface area contributed by atoms with Crippen LogP contribution in [0.5, 0.6) is 0 Å². The van der Waals surface area contributed by atoms with Gasteiger partial charge in [-0.25, -0.2) is 4.79 Å². The van der Waals surface area contributed by atoms with Gasteiger partial charge in [0.25, 0.3) is 0 Å². The Kier molecular flexibility index (Phi) is 4.34. The standard InChI is InChI=1S/C14H16N2O3S/c1-8-12(9(2)16-15-8)4-5-19-14(18)13-6-11(7-20-13)10(3)17/h6-7H,4-5H2,1-3H3,(H,15,16). The van der Waals surface area contributed by atoms with Crippen molar-refractivity contribution in [3.05, 3.63) is 38.8 Å². The molecule has 2 heterocycles. The average molecular weight is 292 g/mol. The van der Waals surface area contributed by atoms with Crippen molar-refractivity contribution in [1.29, 1.82) is 0 Å². The highest BCUT2D eigenvalue weighted by Gasteiger charge is 2.13. The van der Waals surface area contributed by atoms with Crippen LogP contribution in [-0.4, -0.2) is 28.6 Å². The molecule has 0 saturated carbocycles. The molecule has 0 aliphatic carbocycles. The summed E-state index contributed by atoms with van der Waals surface area (Å²) in [6, 6.07) is 1.57. The monoisotopic (exact) mass is 292 g/mol. The molecule has 0 unspecified atom stereocenters. The van der Waals surface area contributed by atoms with Crippen LogP contribution in [0.2, 0.25) is 0 Å². The first-order valence-corrected chi connectivity index (χ1v) is 7.14. The van der Waals surface area contributed by atoms with E-state index in [1.165, 1.54) is 18.3 Å². The van der Waals surface area contributed by atoms with Crippen molar-refractivity contribution >= 4 is 23.1 Å². The van der Waals surface area contributed by atoms with Gasteiger partial charge in [0.05, 0.1) is 12.3 Å². The molecule has 20 heavy (non-hydrogen) atoms. The van der Waals surface area contributed by atoms with Crippen LogP contribution in [0.3, 0.4) is 0 Å². The van der Waals surface area contributed by atoms with Gasteiger partial charge in [0, 0.05) is 23.1 Å². The van der Waals surface area contributed by atoms with Gasteiger partial charge in [0.15, 0.2) is 5.78 Å². The second kappa shape index (κ2) is 6.00. The number of aromatic amines is 1. The first-order valence-electron chi connectivity index (χ1n) is 6.26. The SMILES string of the molecule is CC(=O)c1csc(C(=O)OCCc2c(C)n[nH]c2C)c1. The first kappa shape index (κ1) is 14.5. The van der Waals surface area contributed by atoms with Crippen molar-refractivity contribution in [3.63, 3.8) is 0 Å². The van der Waals surface area contributed by atoms with E-state index in [4.69, 9.17) is 4.74 Å². The number of ether oxygens (including phenoxy) is 1. The molecule has 106 valence electrons. The molecule has 0 spiro atoms. The molecular formula is C14H16N2O3S. The molecule has 6 heteroatoms. The molecule has 5 nitrogen and oxygen atoms in total. The van der Waals surface area contributed by atoms with Gasteiger partial charge in [0.2, 0.25) is 0 Å². The number of ketones is 1. The number of carbonyl (C=O) groups is 2. The molecule has 2 rings (SSSR count). The fourth-order valence-electron chi connectivity index (χ4n) is 1.89. The molecule has 2 aromatic heterocycles. The number of rotatable bonds is 5. The Labute approximate surface area is 121 Å². The molecule has 2 aromatic rings. The summed E-state index contributed by atoms with van der Waals surface area (Å²) in [5.41, 5.74) is 3.54. The van der Waals surface area contributed by atoms with E-state index >= 15 is 0 Å². The van der Waals surface area contributed by atoms with Gasteiger partial charge >= 0.3 is 5.97 Å². The number of nitrogens with zero attached hydrogens (tertiary/aromatic N) is 1. The number of H-pyrrole nitrogens is 1. The minimum atomic E-state index is -0.388. The van der Waals surface area contributed by atoms with E-state index in [0.29, 0.717) is 23.5 Å². The van der Waals surface area contributed by atoms with Crippen molar-refractivity contribution in [1.82, 2.24) is 10.2 Å². The predicted molar refractivity (Wildman–Crippen MR) is 76.4 cm³/mol. The van der Waals surface area contributed by atoms with Crippen LogP contribution in [0.15, 0.2) is 11.4 Å². The van der Waals surface area contributed by atoms with Crippen molar-refractivity contribution in [2.24, 2.45) is 0 Å². The van der Waals surface area contributed by atoms with Gasteiger partial charge in [-0.2, -0.15) is 5.10 Å². The molecular weight excluding hydrogens is 276 g/mol. The second-order valence-electron chi connectivity index (χ2n) is 4.55. The van der Waals surface area contributed by atoms with E-state index in [2.05, 4.69) is 10.2 Å². The lowest BCUT2D eigenvalue weighted by Crippen LogP contribution is -2.07. The van der Waals surface area contributed by atoms with Gasteiger partial charge in [-0.05, 0) is 32.4 Å². The maximum Gasteiger partial charge on any atom is 0.348 e. The Bertz CT molecular complexity index is 623. The zero-order valence-electron chi connectivity index (χ0n) is 11.6. The summed E-state index contributed by atoms with van der Waals surface area (Å²) in [6.07, 6.45) is 0.630. The van der Waals surface area contributed by atoms with E-state index in [0.717, 1.165) is 17.0 Å². The summed E-state index contributed by atoms with van der Waals surface area (Å²) >= 11 is 1.23. The minimum Gasteiger partial charge on any atom is -0.461 e. The number of hydrogen-bond donors (Lipinski definition) is 1. The lowest BCUT2D eigenvalue weighted by molar-refractivity contribution is 0.0514. The molecule has 0 fully saturated rings. The summed E-state index contributed by atoms with van der Waals surface area (Å²) in [5, 5.41) is 8.66. The fraction of sp³-hybridized carbons (Fsp3) is 0.357. The quantitative estimate of drug-likeness (QED) is 0.679. The van der Waals surface area contributed by atoms with Crippen molar-refractivity contribution in [2.45, 2.75) is 27.2 Å². The molecule has 0 aromatic carbocycles. The molecule has 0 atom stereocenters. The van der Waals surface area contributed by atoms with Crippen LogP contribution >= 0.6 is 11.3 Å². The topological polar surface area (TPSA) is 72.1 Å². The number of aromatic nitrogens is 2. The van der Waals surface area contributed by atoms with Crippen molar-refractivity contribution < 1.29 is 14.3 Å². The molecule has 0 amide bonds. The lowest BCUT2D eigenvalue weighted by Gasteiger charge is -2.03. The van der Waals surface area contributed by atoms with Crippen LogP contribution in [0.1, 0.15) is 43.9 Å². The lowest BCUT2D eigenvalue weighted by atomic mass is 10.1. The maximum absolute atomic E-state index is 11.8. The highest BCUT2D eigenvalue weighted by Crippen LogP contribution is 2.17. The number of Topliss-reactive ketones (excluding diaryl/α,β-unsaturated/α-hetero) is 1. The van der Waals surface area contributed by atoms with Gasteiger partial charge < -0.3 is 4.74 Å². The Morgan fingerprint density at radius 3 is 2.70 bits per heavy atom. The minimum absolute atomic E-state index is 0.0510. The average Bonchev–Trinajstić information content (AvgIpc) is 3.00. The maximum atomic E-state index is 11.8. The smallest absolute Gasteiger partial charge is 0.348 e. The first-order chi connectivity index (χ1) is 9.49. The Morgan fingerprint density at radius 1 is 1.40 bits per heavy atom. The molecule has 0 radical (unpaired) electrons. The molecule has 0 bridgehead atoms. The van der Waals surface area contributed by atoms with Gasteiger partial charge in [-0.1, -0.05) is 0 Å². The summed E-state index contributed by atoms with van der Waals surface area (Å²) in [7, 11) is 0. The predicted octanol–water partition coefficient (Wildman–Crippen LogP) is 2.69. The Morgan fingerprint density at radius 2 is 2.15 bits per heavy atom. The van der Waals surface area contributed by atoms with Gasteiger partial charge in [-0.15, -0.1) is 11.3 Å². The third-order valence-corrected chi connectivity index (χ3v) is 3.98. The Hall–Kier alpha value is -1.95. The van der Waals surface area contributed by atoms with Crippen LogP contribution in [0.25, 0.3) is 0 Å². The van der Waals surface area contributed by atoms with E-state index in [9.17, 15) is 9.59 Å².